The Balaban J connectivity index is 2.02. The van der Waals surface area contributed by atoms with E-state index in [-0.39, 0.29) is 6.10 Å². The Kier molecular flexibility index (Phi) is 3.99. The zero-order valence-corrected chi connectivity index (χ0v) is 10.4. The van der Waals surface area contributed by atoms with Gasteiger partial charge >= 0.3 is 0 Å². The van der Waals surface area contributed by atoms with Crippen LogP contribution in [0.15, 0.2) is 12.4 Å². The number of aliphatic hydroxyl groups excluding tert-OH is 1. The lowest BCUT2D eigenvalue weighted by Crippen LogP contribution is -2.22. The summed E-state index contributed by atoms with van der Waals surface area (Å²) in [4.78, 5) is 0. The number of thioether (sulfide) groups is 2. The van der Waals surface area contributed by atoms with E-state index in [0.717, 1.165) is 23.6 Å². The van der Waals surface area contributed by atoms with E-state index in [0.29, 0.717) is 5.25 Å². The van der Waals surface area contributed by atoms with Gasteiger partial charge < -0.3 is 5.11 Å². The molecule has 15 heavy (non-hydrogen) atoms. The summed E-state index contributed by atoms with van der Waals surface area (Å²) in [5.74, 6) is 3.40. The standard InChI is InChI=1S/C10H16N2OS2/c1-2-12-6-8(5-11-12)10(13)9-7-14-3-4-15-9/h5-6,9-10,13H,2-4,7H2,1H3. The number of hydrogen-bond acceptors (Lipinski definition) is 4. The summed E-state index contributed by atoms with van der Waals surface area (Å²) in [6.07, 6.45) is 3.38. The first-order chi connectivity index (χ1) is 7.31. The molecule has 0 saturated carbocycles. The van der Waals surface area contributed by atoms with Crippen LogP contribution in [0.25, 0.3) is 0 Å². The van der Waals surface area contributed by atoms with Crippen LogP contribution in [-0.4, -0.2) is 37.4 Å². The average Bonchev–Trinajstić information content (AvgIpc) is 2.78. The maximum absolute atomic E-state index is 10.2. The molecule has 1 saturated heterocycles. The third-order valence-electron chi connectivity index (χ3n) is 2.51. The fraction of sp³-hybridized carbons (Fsp3) is 0.700. The minimum atomic E-state index is -0.358. The van der Waals surface area contributed by atoms with Crippen molar-refractivity contribution in [1.82, 2.24) is 9.78 Å². The highest BCUT2D eigenvalue weighted by molar-refractivity contribution is 8.06. The topological polar surface area (TPSA) is 38.0 Å². The second-order valence-corrected chi connectivity index (χ2v) is 6.06. The largest absolute Gasteiger partial charge is 0.387 e. The molecule has 0 aromatic carbocycles. The molecule has 2 unspecified atom stereocenters. The lowest BCUT2D eigenvalue weighted by Gasteiger charge is -2.24. The van der Waals surface area contributed by atoms with Gasteiger partial charge in [0.2, 0.25) is 0 Å². The minimum absolute atomic E-state index is 0.332. The summed E-state index contributed by atoms with van der Waals surface area (Å²) in [5.41, 5.74) is 0.955. The van der Waals surface area contributed by atoms with Gasteiger partial charge in [-0.15, -0.1) is 0 Å². The van der Waals surface area contributed by atoms with Crippen LogP contribution in [0.2, 0.25) is 0 Å². The predicted molar refractivity (Wildman–Crippen MR) is 66.4 cm³/mol. The number of aryl methyl sites for hydroxylation is 1. The first-order valence-electron chi connectivity index (χ1n) is 5.21. The molecule has 2 heterocycles. The number of aliphatic hydroxyl groups is 1. The second kappa shape index (κ2) is 5.27. The highest BCUT2D eigenvalue weighted by Gasteiger charge is 2.24. The van der Waals surface area contributed by atoms with Crippen LogP contribution in [0, 0.1) is 0 Å². The lowest BCUT2D eigenvalue weighted by atomic mass is 10.1. The average molecular weight is 244 g/mol. The van der Waals surface area contributed by atoms with Crippen molar-refractivity contribution in [2.45, 2.75) is 24.8 Å². The van der Waals surface area contributed by atoms with Crippen LogP contribution in [0.4, 0.5) is 0 Å². The second-order valence-electron chi connectivity index (χ2n) is 3.56. The summed E-state index contributed by atoms with van der Waals surface area (Å²) in [6.45, 7) is 2.91. The molecule has 3 nitrogen and oxygen atoms in total. The van der Waals surface area contributed by atoms with Crippen molar-refractivity contribution in [3.8, 4) is 0 Å². The van der Waals surface area contributed by atoms with E-state index in [9.17, 15) is 5.11 Å². The Labute approximate surface area is 98.6 Å². The van der Waals surface area contributed by atoms with Gasteiger partial charge in [0, 0.05) is 40.8 Å². The number of aromatic nitrogens is 2. The zero-order valence-electron chi connectivity index (χ0n) is 8.80. The Morgan fingerprint density at radius 2 is 2.53 bits per heavy atom. The van der Waals surface area contributed by atoms with Gasteiger partial charge in [0.15, 0.2) is 0 Å². The number of nitrogens with zero attached hydrogens (tertiary/aromatic N) is 2. The molecule has 0 aliphatic carbocycles. The molecule has 0 amide bonds. The van der Waals surface area contributed by atoms with Crippen molar-refractivity contribution >= 4 is 23.5 Å². The van der Waals surface area contributed by atoms with Crippen molar-refractivity contribution in [3.63, 3.8) is 0 Å². The zero-order chi connectivity index (χ0) is 10.7. The highest BCUT2D eigenvalue weighted by Crippen LogP contribution is 2.33. The summed E-state index contributed by atoms with van der Waals surface area (Å²) >= 11 is 3.81. The molecule has 1 aromatic rings. The van der Waals surface area contributed by atoms with Crippen LogP contribution < -0.4 is 0 Å². The molecule has 84 valence electrons. The van der Waals surface area contributed by atoms with Crippen LogP contribution in [0.5, 0.6) is 0 Å². The third-order valence-corrected chi connectivity index (χ3v) is 5.36. The molecule has 1 fully saturated rings. The van der Waals surface area contributed by atoms with Gasteiger partial charge in [-0.1, -0.05) is 0 Å². The van der Waals surface area contributed by atoms with E-state index in [1.54, 1.807) is 6.20 Å². The number of hydrogen-bond donors (Lipinski definition) is 1. The van der Waals surface area contributed by atoms with Crippen LogP contribution >= 0.6 is 23.5 Å². The third kappa shape index (κ3) is 2.71. The fourth-order valence-electron chi connectivity index (χ4n) is 1.61. The van der Waals surface area contributed by atoms with Crippen molar-refractivity contribution in [2.75, 3.05) is 17.3 Å². The normalized spacial score (nSPS) is 24.0. The van der Waals surface area contributed by atoms with Crippen molar-refractivity contribution in [2.24, 2.45) is 0 Å². The van der Waals surface area contributed by atoms with Gasteiger partial charge in [0.25, 0.3) is 0 Å². The van der Waals surface area contributed by atoms with E-state index in [2.05, 4.69) is 5.10 Å². The van der Waals surface area contributed by atoms with Gasteiger partial charge in [-0.3, -0.25) is 4.68 Å². The summed E-state index contributed by atoms with van der Waals surface area (Å²) in [5, 5.41) is 14.7. The van der Waals surface area contributed by atoms with E-state index >= 15 is 0 Å². The quantitative estimate of drug-likeness (QED) is 0.879. The van der Waals surface area contributed by atoms with Crippen LogP contribution in [0.3, 0.4) is 0 Å². The Bertz CT molecular complexity index is 310. The van der Waals surface area contributed by atoms with Crippen LogP contribution in [0.1, 0.15) is 18.6 Å². The maximum atomic E-state index is 10.2. The van der Waals surface area contributed by atoms with E-state index in [1.165, 1.54) is 5.75 Å². The summed E-state index contributed by atoms with van der Waals surface area (Å²) in [6, 6.07) is 0. The molecule has 0 bridgehead atoms. The van der Waals surface area contributed by atoms with E-state index in [4.69, 9.17) is 0 Å². The Hall–Kier alpha value is -0.130. The summed E-state index contributed by atoms with van der Waals surface area (Å²) < 4.78 is 1.86. The molecular formula is C10H16N2OS2. The predicted octanol–water partition coefficient (Wildman–Crippen LogP) is 1.78. The SMILES string of the molecule is CCn1cc(C(O)C2CSCCS2)cn1. The first-order valence-corrected chi connectivity index (χ1v) is 7.41. The van der Waals surface area contributed by atoms with Crippen molar-refractivity contribution < 1.29 is 5.11 Å². The maximum Gasteiger partial charge on any atom is 0.0946 e. The smallest absolute Gasteiger partial charge is 0.0946 e. The minimum Gasteiger partial charge on any atom is -0.387 e. The molecule has 2 rings (SSSR count). The van der Waals surface area contributed by atoms with E-state index in [1.807, 2.05) is 41.3 Å². The fourth-order valence-corrected chi connectivity index (χ4v) is 4.36. The molecule has 0 radical (unpaired) electrons. The molecular weight excluding hydrogens is 228 g/mol. The Morgan fingerprint density at radius 3 is 3.13 bits per heavy atom. The van der Waals surface area contributed by atoms with Gasteiger partial charge in [-0.2, -0.15) is 28.6 Å². The van der Waals surface area contributed by atoms with Gasteiger partial charge in [0.05, 0.1) is 12.3 Å². The molecule has 5 heteroatoms. The lowest BCUT2D eigenvalue weighted by molar-refractivity contribution is 0.180. The van der Waals surface area contributed by atoms with Crippen molar-refractivity contribution in [3.05, 3.63) is 18.0 Å². The molecule has 0 spiro atoms. The number of rotatable bonds is 3. The summed E-state index contributed by atoms with van der Waals surface area (Å²) in [7, 11) is 0. The van der Waals surface area contributed by atoms with Gasteiger partial charge in [0.1, 0.15) is 0 Å². The van der Waals surface area contributed by atoms with Gasteiger partial charge in [-0.25, -0.2) is 0 Å². The first kappa shape index (κ1) is 11.4. The highest BCUT2D eigenvalue weighted by atomic mass is 32.2. The molecule has 1 aliphatic rings. The van der Waals surface area contributed by atoms with Gasteiger partial charge in [-0.05, 0) is 6.92 Å². The Morgan fingerprint density at radius 1 is 1.67 bits per heavy atom. The molecule has 1 aromatic heterocycles. The molecule has 2 atom stereocenters. The molecule has 1 aliphatic heterocycles. The monoisotopic (exact) mass is 244 g/mol. The van der Waals surface area contributed by atoms with Crippen molar-refractivity contribution in [1.29, 1.82) is 0 Å². The molecule has 1 N–H and O–H groups in total. The van der Waals surface area contributed by atoms with E-state index < -0.39 is 0 Å². The van der Waals surface area contributed by atoms with Crippen LogP contribution in [-0.2, 0) is 6.54 Å².